The predicted octanol–water partition coefficient (Wildman–Crippen LogP) is 1.66. The molecule has 5 heteroatoms. The van der Waals surface area contributed by atoms with Gasteiger partial charge in [0.1, 0.15) is 5.75 Å². The second kappa shape index (κ2) is 7.41. The van der Waals surface area contributed by atoms with Crippen LogP contribution in [0.5, 0.6) is 5.75 Å². The van der Waals surface area contributed by atoms with E-state index in [4.69, 9.17) is 9.84 Å². The molecular weight excluding hydrogens is 246 g/mol. The first kappa shape index (κ1) is 15.0. The van der Waals surface area contributed by atoms with Gasteiger partial charge in [0.05, 0.1) is 0 Å². The third-order valence-corrected chi connectivity index (χ3v) is 2.80. The van der Waals surface area contributed by atoms with Crippen LogP contribution in [0.15, 0.2) is 18.2 Å². The standard InChI is InChI=1S/C14H19NO4/c1-10-5-3-6-12(11(10)2)19-9-13(16)15-8-4-7-14(17)18/h3,5-6H,4,7-9H2,1-2H3,(H,15,16)(H,17,18). The maximum absolute atomic E-state index is 11.5. The van der Waals surface area contributed by atoms with Crippen LogP contribution in [0.4, 0.5) is 0 Å². The summed E-state index contributed by atoms with van der Waals surface area (Å²) >= 11 is 0. The number of carboxylic acids is 1. The van der Waals surface area contributed by atoms with Gasteiger partial charge in [-0.2, -0.15) is 0 Å². The molecular formula is C14H19NO4. The lowest BCUT2D eigenvalue weighted by molar-refractivity contribution is -0.137. The van der Waals surface area contributed by atoms with Crippen molar-refractivity contribution in [2.75, 3.05) is 13.2 Å². The van der Waals surface area contributed by atoms with Gasteiger partial charge in [-0.1, -0.05) is 12.1 Å². The van der Waals surface area contributed by atoms with Gasteiger partial charge in [0.25, 0.3) is 5.91 Å². The van der Waals surface area contributed by atoms with Gasteiger partial charge in [-0.05, 0) is 37.5 Å². The van der Waals surface area contributed by atoms with Gasteiger partial charge < -0.3 is 15.2 Å². The van der Waals surface area contributed by atoms with E-state index in [1.165, 1.54) is 0 Å². The van der Waals surface area contributed by atoms with E-state index in [1.807, 2.05) is 32.0 Å². The molecule has 0 unspecified atom stereocenters. The Morgan fingerprint density at radius 1 is 1.32 bits per heavy atom. The van der Waals surface area contributed by atoms with Crippen molar-refractivity contribution in [1.29, 1.82) is 0 Å². The molecule has 0 fully saturated rings. The number of hydrogen-bond acceptors (Lipinski definition) is 3. The molecule has 2 N–H and O–H groups in total. The number of aliphatic carboxylic acids is 1. The number of carboxylic acid groups (broad SMARTS) is 1. The Bertz CT molecular complexity index is 457. The summed E-state index contributed by atoms with van der Waals surface area (Å²) in [5.41, 5.74) is 2.13. The Morgan fingerprint density at radius 2 is 2.05 bits per heavy atom. The molecule has 0 bridgehead atoms. The normalized spacial score (nSPS) is 10.0. The van der Waals surface area contributed by atoms with Crippen molar-refractivity contribution >= 4 is 11.9 Å². The Kier molecular flexibility index (Phi) is 5.85. The molecule has 0 aliphatic carbocycles. The zero-order chi connectivity index (χ0) is 14.3. The molecule has 0 aromatic heterocycles. The van der Waals surface area contributed by atoms with Crippen molar-refractivity contribution in [3.05, 3.63) is 29.3 Å². The summed E-state index contributed by atoms with van der Waals surface area (Å²) in [5, 5.41) is 11.1. The fourth-order valence-corrected chi connectivity index (χ4v) is 1.54. The van der Waals surface area contributed by atoms with Crippen molar-refractivity contribution in [2.24, 2.45) is 0 Å². The van der Waals surface area contributed by atoms with Crippen LogP contribution in [0.25, 0.3) is 0 Å². The molecule has 1 aromatic carbocycles. The zero-order valence-electron chi connectivity index (χ0n) is 11.2. The van der Waals surface area contributed by atoms with E-state index in [2.05, 4.69) is 5.32 Å². The van der Waals surface area contributed by atoms with Crippen molar-refractivity contribution < 1.29 is 19.4 Å². The summed E-state index contributed by atoms with van der Waals surface area (Å²) in [7, 11) is 0. The Balaban J connectivity index is 2.30. The topological polar surface area (TPSA) is 75.6 Å². The second-order valence-corrected chi connectivity index (χ2v) is 4.33. The Morgan fingerprint density at radius 3 is 2.74 bits per heavy atom. The highest BCUT2D eigenvalue weighted by Crippen LogP contribution is 2.20. The first-order valence-corrected chi connectivity index (χ1v) is 6.18. The summed E-state index contributed by atoms with van der Waals surface area (Å²) in [6.07, 6.45) is 0.475. The number of amides is 1. The number of hydrogen-bond donors (Lipinski definition) is 2. The molecule has 0 aliphatic rings. The highest BCUT2D eigenvalue weighted by atomic mass is 16.5. The molecule has 0 aliphatic heterocycles. The molecule has 0 saturated carbocycles. The van der Waals surface area contributed by atoms with Crippen LogP contribution in [0.1, 0.15) is 24.0 Å². The van der Waals surface area contributed by atoms with Gasteiger partial charge in [-0.15, -0.1) is 0 Å². The maximum atomic E-state index is 11.5. The van der Waals surface area contributed by atoms with E-state index in [0.717, 1.165) is 11.1 Å². The van der Waals surface area contributed by atoms with Gasteiger partial charge in [-0.3, -0.25) is 9.59 Å². The average Bonchev–Trinajstić information content (AvgIpc) is 2.36. The third-order valence-electron chi connectivity index (χ3n) is 2.80. The molecule has 19 heavy (non-hydrogen) atoms. The highest BCUT2D eigenvalue weighted by molar-refractivity contribution is 5.77. The SMILES string of the molecule is Cc1cccc(OCC(=O)NCCCC(=O)O)c1C. The van der Waals surface area contributed by atoms with Crippen molar-refractivity contribution in [1.82, 2.24) is 5.32 Å². The lowest BCUT2D eigenvalue weighted by Gasteiger charge is -2.10. The summed E-state index contributed by atoms with van der Waals surface area (Å²) in [4.78, 5) is 21.8. The van der Waals surface area contributed by atoms with Gasteiger partial charge in [-0.25, -0.2) is 0 Å². The van der Waals surface area contributed by atoms with E-state index in [0.29, 0.717) is 18.7 Å². The van der Waals surface area contributed by atoms with Crippen LogP contribution in [0, 0.1) is 13.8 Å². The van der Waals surface area contributed by atoms with Crippen LogP contribution in [0.2, 0.25) is 0 Å². The first-order chi connectivity index (χ1) is 9.00. The minimum absolute atomic E-state index is 0.0537. The maximum Gasteiger partial charge on any atom is 0.303 e. The minimum atomic E-state index is -0.860. The van der Waals surface area contributed by atoms with Crippen molar-refractivity contribution in [2.45, 2.75) is 26.7 Å². The Hall–Kier alpha value is -2.04. The molecule has 0 atom stereocenters. The van der Waals surface area contributed by atoms with Gasteiger partial charge in [0.2, 0.25) is 0 Å². The van der Waals surface area contributed by atoms with Crippen LogP contribution in [0.3, 0.4) is 0 Å². The van der Waals surface area contributed by atoms with E-state index < -0.39 is 5.97 Å². The molecule has 0 heterocycles. The second-order valence-electron chi connectivity index (χ2n) is 4.33. The largest absolute Gasteiger partial charge is 0.483 e. The molecule has 1 rings (SSSR count). The smallest absolute Gasteiger partial charge is 0.303 e. The van der Waals surface area contributed by atoms with E-state index in [9.17, 15) is 9.59 Å². The van der Waals surface area contributed by atoms with Gasteiger partial charge in [0, 0.05) is 13.0 Å². The molecule has 1 amide bonds. The summed E-state index contributed by atoms with van der Waals surface area (Å²) in [5.74, 6) is -0.409. The predicted molar refractivity (Wildman–Crippen MR) is 71.3 cm³/mol. The number of ether oxygens (including phenoxy) is 1. The van der Waals surface area contributed by atoms with E-state index in [1.54, 1.807) is 0 Å². The Labute approximate surface area is 112 Å². The fourth-order valence-electron chi connectivity index (χ4n) is 1.54. The summed E-state index contributed by atoms with van der Waals surface area (Å²) in [6, 6.07) is 5.68. The zero-order valence-corrected chi connectivity index (χ0v) is 11.2. The third kappa shape index (κ3) is 5.42. The van der Waals surface area contributed by atoms with Crippen molar-refractivity contribution in [3.8, 4) is 5.75 Å². The average molecular weight is 265 g/mol. The number of carbonyl (C=O) groups is 2. The summed E-state index contributed by atoms with van der Waals surface area (Å²) in [6.45, 7) is 4.21. The lowest BCUT2D eigenvalue weighted by atomic mass is 10.1. The number of carbonyl (C=O) groups excluding carboxylic acids is 1. The highest BCUT2D eigenvalue weighted by Gasteiger charge is 2.06. The van der Waals surface area contributed by atoms with E-state index >= 15 is 0 Å². The van der Waals surface area contributed by atoms with Gasteiger partial charge >= 0.3 is 5.97 Å². The van der Waals surface area contributed by atoms with Gasteiger partial charge in [0.15, 0.2) is 6.61 Å². The van der Waals surface area contributed by atoms with Crippen molar-refractivity contribution in [3.63, 3.8) is 0 Å². The molecule has 0 radical (unpaired) electrons. The molecule has 1 aromatic rings. The number of nitrogens with one attached hydrogen (secondary N) is 1. The van der Waals surface area contributed by atoms with Crippen LogP contribution in [-0.4, -0.2) is 30.1 Å². The number of benzene rings is 1. The molecule has 104 valence electrons. The quantitative estimate of drug-likeness (QED) is 0.735. The summed E-state index contributed by atoms with van der Waals surface area (Å²) < 4.78 is 5.43. The van der Waals surface area contributed by atoms with Crippen LogP contribution in [-0.2, 0) is 9.59 Å². The monoisotopic (exact) mass is 265 g/mol. The number of rotatable bonds is 7. The minimum Gasteiger partial charge on any atom is -0.483 e. The first-order valence-electron chi connectivity index (χ1n) is 6.18. The molecule has 0 saturated heterocycles. The van der Waals surface area contributed by atoms with Crippen LogP contribution < -0.4 is 10.1 Å². The van der Waals surface area contributed by atoms with E-state index in [-0.39, 0.29) is 18.9 Å². The molecule has 5 nitrogen and oxygen atoms in total. The molecule has 0 spiro atoms. The lowest BCUT2D eigenvalue weighted by Crippen LogP contribution is -2.30. The fraction of sp³-hybridized carbons (Fsp3) is 0.429. The number of aryl methyl sites for hydroxylation is 1. The van der Waals surface area contributed by atoms with Crippen LogP contribution >= 0.6 is 0 Å².